The maximum absolute atomic E-state index is 8.78. The molecule has 0 bridgehead atoms. The van der Waals surface area contributed by atoms with E-state index in [0.29, 0.717) is 10.7 Å². The van der Waals surface area contributed by atoms with Crippen LogP contribution in [-0.2, 0) is 0 Å². The van der Waals surface area contributed by atoms with Crippen LogP contribution in [0.25, 0.3) is 0 Å². The first-order valence-electron chi connectivity index (χ1n) is 3.69. The lowest BCUT2D eigenvalue weighted by atomic mass is 10.3. The van der Waals surface area contributed by atoms with E-state index in [1.54, 1.807) is 0 Å². The molecule has 1 aromatic heterocycles. The third-order valence-corrected chi connectivity index (χ3v) is 2.17. The number of hydrogen-bond donors (Lipinski definition) is 2. The SMILES string of the molecule is CC(CO)Nc1cnnc(Cl)c1Cl. The number of hydrogen-bond acceptors (Lipinski definition) is 4. The highest BCUT2D eigenvalue weighted by Crippen LogP contribution is 2.26. The Balaban J connectivity index is 2.83. The van der Waals surface area contributed by atoms with Crippen molar-refractivity contribution in [2.24, 2.45) is 0 Å². The minimum atomic E-state index is -0.0993. The fourth-order valence-electron chi connectivity index (χ4n) is 0.761. The summed E-state index contributed by atoms with van der Waals surface area (Å²) in [7, 11) is 0. The van der Waals surface area contributed by atoms with E-state index in [1.165, 1.54) is 6.20 Å². The maximum Gasteiger partial charge on any atom is 0.172 e. The number of nitrogens with one attached hydrogen (secondary N) is 1. The van der Waals surface area contributed by atoms with Gasteiger partial charge in [0, 0.05) is 6.04 Å². The Labute approximate surface area is 85.9 Å². The molecule has 1 aromatic rings. The number of aliphatic hydroxyl groups excluding tert-OH is 1. The molecule has 0 fully saturated rings. The summed E-state index contributed by atoms with van der Waals surface area (Å²) in [5.74, 6) is 0. The van der Waals surface area contributed by atoms with Gasteiger partial charge in [-0.1, -0.05) is 23.2 Å². The van der Waals surface area contributed by atoms with Crippen molar-refractivity contribution in [1.82, 2.24) is 10.2 Å². The van der Waals surface area contributed by atoms with Gasteiger partial charge in [-0.15, -0.1) is 5.10 Å². The topological polar surface area (TPSA) is 58.0 Å². The molecule has 6 heteroatoms. The van der Waals surface area contributed by atoms with Gasteiger partial charge >= 0.3 is 0 Å². The lowest BCUT2D eigenvalue weighted by Crippen LogP contribution is -2.19. The molecule has 72 valence electrons. The van der Waals surface area contributed by atoms with E-state index in [-0.39, 0.29) is 17.8 Å². The molecule has 0 saturated heterocycles. The van der Waals surface area contributed by atoms with E-state index in [0.717, 1.165) is 0 Å². The van der Waals surface area contributed by atoms with Gasteiger partial charge < -0.3 is 10.4 Å². The number of anilines is 1. The van der Waals surface area contributed by atoms with Crippen molar-refractivity contribution in [2.45, 2.75) is 13.0 Å². The third kappa shape index (κ3) is 2.69. The summed E-state index contributed by atoms with van der Waals surface area (Å²) in [5.41, 5.74) is 0.572. The van der Waals surface area contributed by atoms with Gasteiger partial charge in [0.05, 0.1) is 18.5 Å². The fourth-order valence-corrected chi connectivity index (χ4v) is 1.05. The van der Waals surface area contributed by atoms with Gasteiger partial charge in [0.2, 0.25) is 0 Å². The zero-order chi connectivity index (χ0) is 9.84. The summed E-state index contributed by atoms with van der Waals surface area (Å²) >= 11 is 11.4. The van der Waals surface area contributed by atoms with Crippen LogP contribution in [0.1, 0.15) is 6.92 Å². The zero-order valence-electron chi connectivity index (χ0n) is 6.96. The molecule has 0 amide bonds. The van der Waals surface area contributed by atoms with Gasteiger partial charge in [0.15, 0.2) is 5.15 Å². The Hall–Kier alpha value is -0.580. The molecule has 1 unspecified atom stereocenters. The van der Waals surface area contributed by atoms with E-state index >= 15 is 0 Å². The fraction of sp³-hybridized carbons (Fsp3) is 0.429. The summed E-state index contributed by atoms with van der Waals surface area (Å²) in [4.78, 5) is 0. The van der Waals surface area contributed by atoms with Crippen molar-refractivity contribution >= 4 is 28.9 Å². The molecular weight excluding hydrogens is 213 g/mol. The Morgan fingerprint density at radius 3 is 2.92 bits per heavy atom. The predicted octanol–water partition coefficient (Wildman–Crippen LogP) is 1.58. The summed E-state index contributed by atoms with van der Waals surface area (Å²) in [6.07, 6.45) is 1.46. The number of halogens is 2. The minimum Gasteiger partial charge on any atom is -0.394 e. The minimum absolute atomic E-state index is 0.0102. The van der Waals surface area contributed by atoms with Gasteiger partial charge in [-0.2, -0.15) is 5.10 Å². The Bertz CT molecular complexity index is 295. The first kappa shape index (κ1) is 10.5. The van der Waals surface area contributed by atoms with Gasteiger partial charge in [-0.3, -0.25) is 0 Å². The van der Waals surface area contributed by atoms with Gasteiger partial charge in [-0.05, 0) is 6.92 Å². The molecule has 1 heterocycles. The maximum atomic E-state index is 8.78. The van der Waals surface area contributed by atoms with Crippen LogP contribution in [0.5, 0.6) is 0 Å². The van der Waals surface area contributed by atoms with Crippen molar-refractivity contribution in [3.8, 4) is 0 Å². The molecule has 0 spiro atoms. The first-order chi connectivity index (χ1) is 6.15. The van der Waals surface area contributed by atoms with E-state index in [2.05, 4.69) is 15.5 Å². The van der Waals surface area contributed by atoms with Crippen LogP contribution < -0.4 is 5.32 Å². The lowest BCUT2D eigenvalue weighted by molar-refractivity contribution is 0.281. The third-order valence-electron chi connectivity index (χ3n) is 1.43. The molecule has 0 saturated carbocycles. The van der Waals surface area contributed by atoms with Crippen LogP contribution in [-0.4, -0.2) is 28.0 Å². The monoisotopic (exact) mass is 221 g/mol. The molecule has 0 aliphatic rings. The molecule has 4 nitrogen and oxygen atoms in total. The predicted molar refractivity (Wildman–Crippen MR) is 52.2 cm³/mol. The van der Waals surface area contributed by atoms with Gasteiger partial charge in [0.1, 0.15) is 5.02 Å². The van der Waals surface area contributed by atoms with Crippen molar-refractivity contribution < 1.29 is 5.11 Å². The summed E-state index contributed by atoms with van der Waals surface area (Å²) in [5, 5.41) is 19.4. The van der Waals surface area contributed by atoms with Crippen molar-refractivity contribution in [3.63, 3.8) is 0 Å². The van der Waals surface area contributed by atoms with E-state index in [4.69, 9.17) is 28.3 Å². The quantitative estimate of drug-likeness (QED) is 0.814. The summed E-state index contributed by atoms with van der Waals surface area (Å²) in [6.45, 7) is 1.82. The summed E-state index contributed by atoms with van der Waals surface area (Å²) in [6, 6.07) is -0.0993. The van der Waals surface area contributed by atoms with Gasteiger partial charge in [-0.25, -0.2) is 0 Å². The smallest absolute Gasteiger partial charge is 0.172 e. The highest BCUT2D eigenvalue weighted by molar-refractivity contribution is 6.42. The van der Waals surface area contributed by atoms with Crippen LogP contribution in [0.3, 0.4) is 0 Å². The number of nitrogens with zero attached hydrogens (tertiary/aromatic N) is 2. The van der Waals surface area contributed by atoms with Crippen LogP contribution in [0.2, 0.25) is 10.2 Å². The Morgan fingerprint density at radius 1 is 1.62 bits per heavy atom. The average molecular weight is 222 g/mol. The second-order valence-electron chi connectivity index (χ2n) is 2.59. The van der Waals surface area contributed by atoms with Crippen LogP contribution in [0.4, 0.5) is 5.69 Å². The molecule has 1 rings (SSSR count). The molecule has 13 heavy (non-hydrogen) atoms. The highest BCUT2D eigenvalue weighted by Gasteiger charge is 2.08. The van der Waals surface area contributed by atoms with Crippen molar-refractivity contribution in [1.29, 1.82) is 0 Å². The number of aromatic nitrogens is 2. The number of aliphatic hydroxyl groups is 1. The molecule has 2 N–H and O–H groups in total. The van der Waals surface area contributed by atoms with Crippen LogP contribution in [0, 0.1) is 0 Å². The van der Waals surface area contributed by atoms with Crippen LogP contribution >= 0.6 is 23.2 Å². The second-order valence-corrected chi connectivity index (χ2v) is 3.33. The largest absolute Gasteiger partial charge is 0.394 e. The molecular formula is C7H9Cl2N3O. The zero-order valence-corrected chi connectivity index (χ0v) is 8.47. The Kier molecular flexibility index (Phi) is 3.71. The summed E-state index contributed by atoms with van der Waals surface area (Å²) < 4.78 is 0. The molecule has 0 aromatic carbocycles. The van der Waals surface area contributed by atoms with E-state index in [1.807, 2.05) is 6.92 Å². The van der Waals surface area contributed by atoms with Crippen molar-refractivity contribution in [3.05, 3.63) is 16.4 Å². The lowest BCUT2D eigenvalue weighted by Gasteiger charge is -2.12. The normalized spacial score (nSPS) is 12.6. The second kappa shape index (κ2) is 4.60. The van der Waals surface area contributed by atoms with E-state index in [9.17, 15) is 0 Å². The molecule has 0 aliphatic heterocycles. The molecule has 1 atom stereocenters. The highest BCUT2D eigenvalue weighted by atomic mass is 35.5. The molecule has 0 radical (unpaired) electrons. The van der Waals surface area contributed by atoms with Crippen molar-refractivity contribution in [2.75, 3.05) is 11.9 Å². The van der Waals surface area contributed by atoms with Gasteiger partial charge in [0.25, 0.3) is 0 Å². The Morgan fingerprint density at radius 2 is 2.31 bits per heavy atom. The number of rotatable bonds is 3. The first-order valence-corrected chi connectivity index (χ1v) is 4.44. The average Bonchev–Trinajstić information content (AvgIpc) is 2.13. The van der Waals surface area contributed by atoms with Crippen LogP contribution in [0.15, 0.2) is 6.20 Å². The molecule has 0 aliphatic carbocycles. The standard InChI is InChI=1S/C7H9Cl2N3O/c1-4(3-13)11-5-2-10-12-7(9)6(5)8/h2,4,13H,3H2,1H3,(H,11,12). The van der Waals surface area contributed by atoms with E-state index < -0.39 is 0 Å².